The molecule has 3 saturated carbocycles. The van der Waals surface area contributed by atoms with Crippen LogP contribution in [0.15, 0.2) is 54.6 Å². The first-order chi connectivity index (χ1) is 63.7. The molecule has 6 bridgehead atoms. The van der Waals surface area contributed by atoms with E-state index in [-0.39, 0.29) is 160 Å². The quantitative estimate of drug-likeness (QED) is 0.0737. The maximum absolute atomic E-state index is 14.5. The van der Waals surface area contributed by atoms with Crippen LogP contribution in [0.2, 0.25) is 0 Å². The number of ether oxygens (including phenoxy) is 12. The fourth-order valence-electron chi connectivity index (χ4n) is 22.3. The van der Waals surface area contributed by atoms with Crippen LogP contribution in [0.3, 0.4) is 0 Å². The van der Waals surface area contributed by atoms with E-state index in [4.69, 9.17) is 86.7 Å². The van der Waals surface area contributed by atoms with Gasteiger partial charge in [0.05, 0.1) is 111 Å². The van der Waals surface area contributed by atoms with Crippen LogP contribution in [-0.4, -0.2) is 234 Å². The van der Waals surface area contributed by atoms with E-state index in [2.05, 4.69) is 39.6 Å². The van der Waals surface area contributed by atoms with Crippen LogP contribution < -0.4 is 28.4 Å². The summed E-state index contributed by atoms with van der Waals surface area (Å²) in [6.45, 7) is 17.6. The second kappa shape index (κ2) is 45.9. The van der Waals surface area contributed by atoms with Gasteiger partial charge in [0.25, 0.3) is 0 Å². The standard InChI is InChI=1S/C35H46N3O7.C34H44N3O7.C33H42N3O7.3V/c1-22-29(21-39)38-20-31(22)45-33-27(36-26-13-12-24(42-3)18-28(26)37-33)10-6-4-5-8-23-9-7-11-30(23)44-32(40)19-25(34(38)41)35(2)14-16-43-17-15-35;1-21-28(20-38)37-19-29(21)43-31-26(35-25-11-10-23(41-4)16-27(25)36-31)9-7-5-6-8-22-18-34(22,3)44-30(39)17-24(32(37)40)33(2)12-14-42-15-13-33;1-20-27(19-37)36-18-29(20)43-31-25(34-24-10-9-22(40-3)16-26(24)35-31)8-6-4-5-7-21-15-28(21)42-30(38)17-23(32(36)39)33(2)11-13-41-14-12-33;;;/h12-13,18,22-23,25,29-31H,4-11,14-17,19-20H2,1-3H3;10-11,16,21-22,24,28-29H,5-9,12-15,17-19H2,1-4H3;9-10,16,20-21,23,27-29H,4-8,11-15,17-18H2,1-3H3;;;/q3*-1;;;/t22-,23+,25+,29+,30+,31-;21-,22+,24+,28+,29-,34+;20-,21+,23+,27+,28+,29-;;;/m000.../s1. The number of carbonyl (C=O) groups excluding carboxylic acids is 9. The molecular weight excluding hydrogens is 1840 g/mol. The maximum Gasteiger partial charge on any atom is 0.307 e. The number of hydrogen-bond donors (Lipinski definition) is 0. The van der Waals surface area contributed by atoms with Gasteiger partial charge < -0.3 is 85.9 Å². The van der Waals surface area contributed by atoms with Gasteiger partial charge in [0.1, 0.15) is 70.5 Å². The molecular formula is C102H132N9O21V3-3. The average Bonchev–Trinajstić information content (AvgIpc) is 1.60. The summed E-state index contributed by atoms with van der Waals surface area (Å²) in [6.07, 6.45) is 27.2. The molecule has 0 unspecified atom stereocenters. The van der Waals surface area contributed by atoms with Gasteiger partial charge in [-0.15, -0.1) is 0 Å². The number of carbonyl (C=O) groups is 6. The molecule has 729 valence electrons. The summed E-state index contributed by atoms with van der Waals surface area (Å²) in [6, 6.07) is 14.4. The van der Waals surface area contributed by atoms with Crippen LogP contribution in [0, 0.1) is 69.5 Å². The molecule has 3 aromatic carbocycles. The summed E-state index contributed by atoms with van der Waals surface area (Å²) >= 11 is 0. The summed E-state index contributed by atoms with van der Waals surface area (Å²) in [5.74, 6) is -0.272. The van der Waals surface area contributed by atoms with E-state index < -0.39 is 76.0 Å². The van der Waals surface area contributed by atoms with E-state index in [0.717, 1.165) is 143 Å². The molecule has 3 amide bonds. The molecule has 0 N–H and O–H groups in total. The molecule has 33 heteroatoms. The molecule has 3 aliphatic carbocycles. The molecule has 0 spiro atoms. The van der Waals surface area contributed by atoms with Gasteiger partial charge in [-0.05, 0) is 218 Å². The molecule has 12 aliphatic rings. The Bertz CT molecular complexity index is 5170. The maximum atomic E-state index is 14.5. The first-order valence-corrected chi connectivity index (χ1v) is 48.7. The van der Waals surface area contributed by atoms with Crippen LogP contribution in [0.1, 0.15) is 232 Å². The Morgan fingerprint density at radius 2 is 0.704 bits per heavy atom. The van der Waals surface area contributed by atoms with E-state index in [1.54, 1.807) is 36.0 Å². The van der Waals surface area contributed by atoms with Crippen molar-refractivity contribution in [2.24, 2.45) is 69.5 Å². The van der Waals surface area contributed by atoms with Gasteiger partial charge in [-0.2, -0.15) is 0 Å². The van der Waals surface area contributed by atoms with E-state index >= 15 is 0 Å². The number of hydrogen-bond acceptors (Lipinski definition) is 27. The molecule has 9 fully saturated rings. The molecule has 18 rings (SSSR count). The minimum absolute atomic E-state index is 0. The Morgan fingerprint density at radius 1 is 0.370 bits per heavy atom. The van der Waals surface area contributed by atoms with Gasteiger partial charge in [0, 0.05) is 119 Å². The number of rotatable bonds is 9. The van der Waals surface area contributed by atoms with Gasteiger partial charge in [-0.1, -0.05) is 98.2 Å². The molecule has 135 heavy (non-hydrogen) atoms. The Hall–Kier alpha value is -8.06. The van der Waals surface area contributed by atoms with Crippen molar-refractivity contribution in [3.05, 3.63) is 71.7 Å². The van der Waals surface area contributed by atoms with Crippen molar-refractivity contribution in [2.45, 2.75) is 289 Å². The van der Waals surface area contributed by atoms with E-state index in [1.165, 1.54) is 0 Å². The summed E-state index contributed by atoms with van der Waals surface area (Å²) in [5, 5.41) is 0. The Morgan fingerprint density at radius 3 is 1.06 bits per heavy atom. The monoisotopic (exact) mass is 1970 g/mol. The minimum atomic E-state index is -0.807. The number of benzene rings is 3. The minimum Gasteiger partial charge on any atom is -0.540 e. The molecule has 12 heterocycles. The third-order valence-electron chi connectivity index (χ3n) is 31.7. The third-order valence-corrected chi connectivity index (χ3v) is 31.7. The number of fused-ring (bicyclic) bond motifs is 15. The number of methoxy groups -OCH3 is 3. The van der Waals surface area contributed by atoms with E-state index in [1.807, 2.05) is 82.3 Å². The predicted molar refractivity (Wildman–Crippen MR) is 486 cm³/mol. The van der Waals surface area contributed by atoms with Crippen LogP contribution in [0.4, 0.5) is 0 Å². The van der Waals surface area contributed by atoms with Crippen molar-refractivity contribution in [2.75, 3.05) is 80.6 Å². The predicted octanol–water partition coefficient (Wildman–Crippen LogP) is 13.8. The zero-order chi connectivity index (χ0) is 92.8. The van der Waals surface area contributed by atoms with Crippen molar-refractivity contribution < 1.29 is 156 Å². The van der Waals surface area contributed by atoms with Crippen LogP contribution in [-0.2, 0) is 147 Å². The molecule has 3 radical (unpaired) electrons. The molecule has 3 aromatic heterocycles. The third kappa shape index (κ3) is 23.8. The van der Waals surface area contributed by atoms with Crippen LogP contribution in [0.25, 0.3) is 33.1 Å². The van der Waals surface area contributed by atoms with Crippen molar-refractivity contribution in [3.63, 3.8) is 0 Å². The zero-order valence-corrected chi connectivity index (χ0v) is 84.0. The Kier molecular flexibility index (Phi) is 35.5. The first-order valence-electron chi connectivity index (χ1n) is 48.7. The van der Waals surface area contributed by atoms with E-state index in [0.29, 0.717) is 167 Å². The molecule has 30 nitrogen and oxygen atoms in total. The van der Waals surface area contributed by atoms with Gasteiger partial charge in [0.2, 0.25) is 35.4 Å². The Labute approximate surface area is 827 Å². The van der Waals surface area contributed by atoms with Crippen molar-refractivity contribution in [3.8, 4) is 34.9 Å². The van der Waals surface area contributed by atoms with Crippen molar-refractivity contribution in [1.29, 1.82) is 0 Å². The van der Waals surface area contributed by atoms with Crippen molar-refractivity contribution in [1.82, 2.24) is 44.6 Å². The normalized spacial score (nSPS) is 31.2. The van der Waals surface area contributed by atoms with Crippen LogP contribution in [0.5, 0.6) is 34.9 Å². The smallest absolute Gasteiger partial charge is 0.307 e. The first kappa shape index (κ1) is 104. The van der Waals surface area contributed by atoms with Crippen LogP contribution >= 0.6 is 0 Å². The summed E-state index contributed by atoms with van der Waals surface area (Å²) in [5.41, 5.74) is 4.70. The van der Waals surface area contributed by atoms with E-state index in [9.17, 15) is 43.2 Å². The topological polar surface area (TPSA) is 351 Å². The number of esters is 3. The summed E-state index contributed by atoms with van der Waals surface area (Å²) < 4.78 is 70.9. The summed E-state index contributed by atoms with van der Waals surface area (Å²) in [7, 11) is 4.83. The molecule has 9 aliphatic heterocycles. The number of nitrogens with zero attached hydrogens (tertiary/aromatic N) is 9. The largest absolute Gasteiger partial charge is 0.540 e. The molecule has 18 atom stereocenters. The fourth-order valence-corrected chi connectivity index (χ4v) is 22.3. The second-order valence-electron chi connectivity index (χ2n) is 40.5. The average molecular weight is 1970 g/mol. The second-order valence-corrected chi connectivity index (χ2v) is 40.5. The fraction of sp³-hybridized carbons (Fsp3) is 0.676. The van der Waals surface area contributed by atoms with Gasteiger partial charge >= 0.3 is 17.9 Å². The van der Waals surface area contributed by atoms with Gasteiger partial charge in [0.15, 0.2) is 0 Å². The molecule has 6 aromatic rings. The van der Waals surface area contributed by atoms with Gasteiger partial charge in [-0.3, -0.25) is 28.8 Å². The van der Waals surface area contributed by atoms with Gasteiger partial charge in [-0.25, -0.2) is 48.8 Å². The zero-order valence-electron chi connectivity index (χ0n) is 79.8. The number of aryl methyl sites for hydroxylation is 3. The Balaban J connectivity index is 0.000000170. The van der Waals surface area contributed by atoms with Crippen molar-refractivity contribution >= 4 is 87.6 Å². The number of aromatic nitrogens is 6. The molecule has 6 saturated heterocycles. The summed E-state index contributed by atoms with van der Waals surface area (Å²) in [4.78, 5) is 155. The number of amides is 3. The SMILES string of the molecule is COc1ccc2nc3c(nc2c1)O[C@H]1CN(C(=O)[C@H](C2(C)CCOCC2)CC(=O)O[C@@H]2CCC[C@H]2CCCCC3)[C@H]([C-]=O)[C@@H]1C.COc1ccc2nc3c(nc2c1)O[C@H]1CN(C(=O)[C@H](C2(C)CCOCC2)CC(=O)O[C@@H]2C[C@H]2CCCCC3)[C@H]([C-]=O)[C@@H]1C.COc1ccc2nc3c(nc2c1)O[C@H]1CN(C(=O)[C@H](C2(C)CCOCC2)CC(=O)O[C@]2(C)C[C@H]2CCCCC3)[C@H]([C-]=O)[C@@H]1C.[V].[V].[V].